The normalized spacial score (nSPS) is 11.8. The second kappa shape index (κ2) is 5.03. The van der Waals surface area contributed by atoms with Gasteiger partial charge >= 0.3 is 6.18 Å². The van der Waals surface area contributed by atoms with Crippen molar-refractivity contribution in [1.29, 1.82) is 0 Å². The fourth-order valence-corrected chi connectivity index (χ4v) is 2.40. The smallest absolute Gasteiger partial charge is 0.330 e. The minimum atomic E-state index is -4.39. The molecule has 0 aliphatic heterocycles. The summed E-state index contributed by atoms with van der Waals surface area (Å²) in [4.78, 5) is 0. The summed E-state index contributed by atoms with van der Waals surface area (Å²) in [5.74, 6) is 0. The first-order valence-electron chi connectivity index (χ1n) is 5.21. The molecule has 0 aliphatic carbocycles. The van der Waals surface area contributed by atoms with Crippen LogP contribution in [0, 0.1) is 0 Å². The number of alkyl halides is 3. The van der Waals surface area contributed by atoms with Crippen molar-refractivity contribution in [2.45, 2.75) is 12.6 Å². The second-order valence-corrected chi connectivity index (χ2v) is 4.65. The molecule has 2 rings (SSSR count). The van der Waals surface area contributed by atoms with Crippen LogP contribution in [0.15, 0.2) is 24.3 Å². The highest BCUT2D eigenvalue weighted by Gasteiger charge is 2.34. The van der Waals surface area contributed by atoms with Gasteiger partial charge in [0.05, 0.1) is 5.56 Å². The van der Waals surface area contributed by atoms with Gasteiger partial charge in [-0.3, -0.25) is 0 Å². The highest BCUT2D eigenvalue weighted by Crippen LogP contribution is 2.37. The number of halogens is 3. The van der Waals surface area contributed by atoms with Gasteiger partial charge in [-0.15, -0.1) is 10.2 Å². The van der Waals surface area contributed by atoms with E-state index < -0.39 is 11.7 Å². The average Bonchev–Trinajstić information content (AvgIpc) is 2.77. The summed E-state index contributed by atoms with van der Waals surface area (Å²) in [5.41, 5.74) is 4.73. The summed E-state index contributed by atoms with van der Waals surface area (Å²) in [7, 11) is 0. The van der Waals surface area contributed by atoms with Gasteiger partial charge < -0.3 is 5.73 Å². The number of nitrogens with two attached hydrogens (primary N) is 1. The third kappa shape index (κ3) is 2.68. The van der Waals surface area contributed by atoms with Crippen LogP contribution >= 0.6 is 11.3 Å². The van der Waals surface area contributed by atoms with Crippen LogP contribution in [0.5, 0.6) is 0 Å². The molecule has 1 aromatic heterocycles. The monoisotopic (exact) mass is 273 g/mol. The van der Waals surface area contributed by atoms with E-state index in [1.165, 1.54) is 12.1 Å². The lowest BCUT2D eigenvalue weighted by Crippen LogP contribution is -2.06. The molecule has 0 bridgehead atoms. The molecule has 0 spiro atoms. The van der Waals surface area contributed by atoms with Gasteiger partial charge in [0.1, 0.15) is 10.0 Å². The van der Waals surface area contributed by atoms with Crippen molar-refractivity contribution in [1.82, 2.24) is 10.2 Å². The van der Waals surface area contributed by atoms with Gasteiger partial charge in [0.25, 0.3) is 0 Å². The summed E-state index contributed by atoms with van der Waals surface area (Å²) in [6.45, 7) is 0.398. The number of aromatic nitrogens is 2. The summed E-state index contributed by atoms with van der Waals surface area (Å²) in [6, 6.07) is 5.34. The summed E-state index contributed by atoms with van der Waals surface area (Å²) < 4.78 is 38.5. The van der Waals surface area contributed by atoms with Crippen LogP contribution in [0.1, 0.15) is 10.6 Å². The van der Waals surface area contributed by atoms with Gasteiger partial charge in [-0.2, -0.15) is 13.2 Å². The molecule has 0 aliphatic rings. The Bertz CT molecular complexity index is 536. The van der Waals surface area contributed by atoms with Crippen LogP contribution in [0.25, 0.3) is 10.6 Å². The third-order valence-corrected chi connectivity index (χ3v) is 3.30. The van der Waals surface area contributed by atoms with E-state index in [9.17, 15) is 13.2 Å². The number of benzene rings is 1. The Morgan fingerprint density at radius 2 is 1.89 bits per heavy atom. The lowest BCUT2D eigenvalue weighted by Gasteiger charge is -2.09. The van der Waals surface area contributed by atoms with E-state index in [-0.39, 0.29) is 10.6 Å². The van der Waals surface area contributed by atoms with Crippen LogP contribution in [0.3, 0.4) is 0 Å². The lowest BCUT2D eigenvalue weighted by atomic mass is 10.1. The topological polar surface area (TPSA) is 51.8 Å². The van der Waals surface area contributed by atoms with Crippen LogP contribution < -0.4 is 5.73 Å². The fourth-order valence-electron chi connectivity index (χ4n) is 1.50. The lowest BCUT2D eigenvalue weighted by molar-refractivity contribution is -0.137. The Kier molecular flexibility index (Phi) is 3.63. The molecule has 1 heterocycles. The molecule has 96 valence electrons. The fraction of sp³-hybridized carbons (Fsp3) is 0.273. The Morgan fingerprint density at radius 1 is 1.17 bits per heavy atom. The predicted molar refractivity (Wildman–Crippen MR) is 63.1 cm³/mol. The van der Waals surface area contributed by atoms with E-state index in [0.717, 1.165) is 17.4 Å². The number of rotatable bonds is 3. The quantitative estimate of drug-likeness (QED) is 0.935. The van der Waals surface area contributed by atoms with Crippen molar-refractivity contribution in [2.75, 3.05) is 6.54 Å². The van der Waals surface area contributed by atoms with Crippen molar-refractivity contribution >= 4 is 11.3 Å². The molecule has 0 amide bonds. The van der Waals surface area contributed by atoms with E-state index >= 15 is 0 Å². The molecule has 0 atom stereocenters. The molecule has 0 fully saturated rings. The molecule has 3 nitrogen and oxygen atoms in total. The highest BCUT2D eigenvalue weighted by atomic mass is 32.1. The zero-order valence-corrected chi connectivity index (χ0v) is 10.1. The van der Waals surface area contributed by atoms with Gasteiger partial charge in [0.15, 0.2) is 0 Å². The Hall–Kier alpha value is -1.47. The highest BCUT2D eigenvalue weighted by molar-refractivity contribution is 7.14. The molecule has 2 N–H and O–H groups in total. The van der Waals surface area contributed by atoms with E-state index in [2.05, 4.69) is 10.2 Å². The SMILES string of the molecule is NCCc1nnc(-c2ccccc2C(F)(F)F)s1. The molecule has 18 heavy (non-hydrogen) atoms. The van der Waals surface area contributed by atoms with Crippen molar-refractivity contribution in [3.05, 3.63) is 34.8 Å². The second-order valence-electron chi connectivity index (χ2n) is 3.58. The third-order valence-electron chi connectivity index (χ3n) is 2.29. The summed E-state index contributed by atoms with van der Waals surface area (Å²) in [6.07, 6.45) is -3.87. The van der Waals surface area contributed by atoms with E-state index in [0.29, 0.717) is 18.0 Å². The first kappa shape index (κ1) is 13.0. The van der Waals surface area contributed by atoms with E-state index in [1.54, 1.807) is 6.07 Å². The van der Waals surface area contributed by atoms with Gasteiger partial charge in [-0.1, -0.05) is 29.5 Å². The molecule has 0 unspecified atom stereocenters. The van der Waals surface area contributed by atoms with Crippen LogP contribution in [0.2, 0.25) is 0 Å². The van der Waals surface area contributed by atoms with Gasteiger partial charge in [0, 0.05) is 12.0 Å². The average molecular weight is 273 g/mol. The minimum absolute atomic E-state index is 0.0609. The van der Waals surface area contributed by atoms with Gasteiger partial charge in [0.2, 0.25) is 0 Å². The molecule has 0 saturated heterocycles. The summed E-state index contributed by atoms with van der Waals surface area (Å²) in [5, 5.41) is 8.53. The maximum absolute atomic E-state index is 12.8. The molecule has 2 aromatic rings. The number of hydrogen-bond donors (Lipinski definition) is 1. The summed E-state index contributed by atoms with van der Waals surface area (Å²) >= 11 is 1.14. The van der Waals surface area contributed by atoms with Crippen molar-refractivity contribution in [2.24, 2.45) is 5.73 Å². The predicted octanol–water partition coefficient (Wildman–Crippen LogP) is 2.73. The zero-order valence-electron chi connectivity index (χ0n) is 9.24. The molecule has 0 radical (unpaired) electrons. The van der Waals surface area contributed by atoms with Crippen molar-refractivity contribution in [3.8, 4) is 10.6 Å². The standard InChI is InChI=1S/C11H10F3N3S/c12-11(13,14)8-4-2-1-3-7(8)10-17-16-9(18-10)5-6-15/h1-4H,5-6,15H2. The van der Waals surface area contributed by atoms with Crippen LogP contribution in [-0.2, 0) is 12.6 Å². The molecule has 1 aromatic carbocycles. The first-order chi connectivity index (χ1) is 8.52. The minimum Gasteiger partial charge on any atom is -0.330 e. The zero-order chi connectivity index (χ0) is 13.2. The largest absolute Gasteiger partial charge is 0.417 e. The number of hydrogen-bond acceptors (Lipinski definition) is 4. The van der Waals surface area contributed by atoms with Crippen molar-refractivity contribution in [3.63, 3.8) is 0 Å². The van der Waals surface area contributed by atoms with Gasteiger partial charge in [-0.05, 0) is 12.6 Å². The maximum Gasteiger partial charge on any atom is 0.417 e. The molecular weight excluding hydrogens is 263 g/mol. The van der Waals surface area contributed by atoms with Crippen molar-refractivity contribution < 1.29 is 13.2 Å². The molecular formula is C11H10F3N3S. The van der Waals surface area contributed by atoms with Crippen LogP contribution in [0.4, 0.5) is 13.2 Å². The maximum atomic E-state index is 12.8. The Labute approximate surface area is 105 Å². The van der Waals surface area contributed by atoms with Gasteiger partial charge in [-0.25, -0.2) is 0 Å². The van der Waals surface area contributed by atoms with E-state index in [4.69, 9.17) is 5.73 Å². The van der Waals surface area contributed by atoms with Crippen LogP contribution in [-0.4, -0.2) is 16.7 Å². The Morgan fingerprint density at radius 3 is 2.56 bits per heavy atom. The number of nitrogens with zero attached hydrogens (tertiary/aromatic N) is 2. The first-order valence-corrected chi connectivity index (χ1v) is 6.03. The molecule has 0 saturated carbocycles. The Balaban J connectivity index is 2.43. The van der Waals surface area contributed by atoms with E-state index in [1.807, 2.05) is 0 Å². The molecule has 7 heteroatoms.